The van der Waals surface area contributed by atoms with Crippen LogP contribution >= 0.6 is 0 Å². The Bertz CT molecular complexity index is 1120. The van der Waals surface area contributed by atoms with Crippen molar-refractivity contribution in [3.8, 4) is 22.6 Å². The van der Waals surface area contributed by atoms with Crippen molar-refractivity contribution in [3.05, 3.63) is 78.1 Å². The number of rotatable bonds is 7. The monoisotopic (exact) mass is 445 g/mol. The molecule has 2 amide bonds. The van der Waals surface area contributed by atoms with Gasteiger partial charge in [0, 0.05) is 31.9 Å². The first-order chi connectivity index (χ1) is 16.0. The number of nitrogens with one attached hydrogen (secondary N) is 1. The Morgan fingerprint density at radius 2 is 1.79 bits per heavy atom. The molecule has 4 rings (SSSR count). The smallest absolute Gasteiger partial charge is 0.261 e. The van der Waals surface area contributed by atoms with Crippen molar-refractivity contribution in [1.29, 1.82) is 0 Å². The van der Waals surface area contributed by atoms with Crippen LogP contribution < -0.4 is 14.8 Å². The van der Waals surface area contributed by atoms with Gasteiger partial charge in [-0.25, -0.2) is 0 Å². The van der Waals surface area contributed by atoms with E-state index in [4.69, 9.17) is 9.47 Å². The minimum atomic E-state index is -0.582. The van der Waals surface area contributed by atoms with Crippen molar-refractivity contribution in [1.82, 2.24) is 15.2 Å². The van der Waals surface area contributed by atoms with Gasteiger partial charge in [0.2, 0.25) is 5.91 Å². The molecule has 1 N–H and O–H groups in total. The Morgan fingerprint density at radius 3 is 2.52 bits per heavy atom. The standard InChI is InChI=1S/C26H27N3O4/c1-18-3-8-23(24(15-18)32-2)33-17-25(30)29-14-13-28-26(31)22(29)16-19-4-6-20(7-5-19)21-9-11-27-12-10-21/h3-12,15,22H,13-14,16-17H2,1-2H3,(H,28,31)/t22-/m1/s1. The highest BCUT2D eigenvalue weighted by atomic mass is 16.5. The van der Waals surface area contributed by atoms with Crippen LogP contribution in [0, 0.1) is 6.92 Å². The molecule has 7 heteroatoms. The van der Waals surface area contributed by atoms with Gasteiger partial charge < -0.3 is 19.7 Å². The molecule has 33 heavy (non-hydrogen) atoms. The third kappa shape index (κ3) is 5.31. The van der Waals surface area contributed by atoms with E-state index in [0.29, 0.717) is 31.0 Å². The van der Waals surface area contributed by atoms with E-state index >= 15 is 0 Å². The van der Waals surface area contributed by atoms with Crippen LogP contribution in [-0.2, 0) is 16.0 Å². The van der Waals surface area contributed by atoms with Crippen LogP contribution in [0.5, 0.6) is 11.5 Å². The first kappa shape index (κ1) is 22.3. The number of hydrogen-bond acceptors (Lipinski definition) is 5. The predicted octanol–water partition coefficient (Wildman–Crippen LogP) is 3.01. The number of hydrogen-bond donors (Lipinski definition) is 1. The average molecular weight is 446 g/mol. The van der Waals surface area contributed by atoms with Crippen molar-refractivity contribution >= 4 is 11.8 Å². The van der Waals surface area contributed by atoms with E-state index in [0.717, 1.165) is 22.3 Å². The summed E-state index contributed by atoms with van der Waals surface area (Å²) < 4.78 is 11.1. The Kier molecular flexibility index (Phi) is 6.88. The van der Waals surface area contributed by atoms with Gasteiger partial charge in [-0.15, -0.1) is 0 Å². The molecule has 7 nitrogen and oxygen atoms in total. The average Bonchev–Trinajstić information content (AvgIpc) is 2.85. The van der Waals surface area contributed by atoms with Gasteiger partial charge in [-0.05, 0) is 53.4 Å². The van der Waals surface area contributed by atoms with E-state index in [1.807, 2.05) is 55.5 Å². The molecule has 2 heterocycles. The minimum Gasteiger partial charge on any atom is -0.493 e. The fourth-order valence-electron chi connectivity index (χ4n) is 3.93. The number of aryl methyl sites for hydroxylation is 1. The molecular formula is C26H27N3O4. The second kappa shape index (κ2) is 10.2. The van der Waals surface area contributed by atoms with E-state index in [1.165, 1.54) is 0 Å². The summed E-state index contributed by atoms with van der Waals surface area (Å²) >= 11 is 0. The van der Waals surface area contributed by atoms with Crippen LogP contribution in [0.2, 0.25) is 0 Å². The second-order valence-electron chi connectivity index (χ2n) is 7.97. The summed E-state index contributed by atoms with van der Waals surface area (Å²) in [6.07, 6.45) is 3.95. The van der Waals surface area contributed by atoms with Crippen molar-refractivity contribution in [2.75, 3.05) is 26.8 Å². The largest absolute Gasteiger partial charge is 0.493 e. The van der Waals surface area contributed by atoms with Crippen molar-refractivity contribution < 1.29 is 19.1 Å². The highest BCUT2D eigenvalue weighted by Crippen LogP contribution is 2.28. The number of amides is 2. The van der Waals surface area contributed by atoms with Crippen LogP contribution in [0.4, 0.5) is 0 Å². The summed E-state index contributed by atoms with van der Waals surface area (Å²) in [5, 5.41) is 2.87. The Morgan fingerprint density at radius 1 is 1.06 bits per heavy atom. The Labute approximate surface area is 193 Å². The summed E-state index contributed by atoms with van der Waals surface area (Å²) in [5.41, 5.74) is 4.16. The third-order valence-electron chi connectivity index (χ3n) is 5.72. The molecule has 170 valence electrons. The number of nitrogens with zero attached hydrogens (tertiary/aromatic N) is 2. The van der Waals surface area contributed by atoms with Gasteiger partial charge in [0.15, 0.2) is 18.1 Å². The number of piperazine rings is 1. The summed E-state index contributed by atoms with van der Waals surface area (Å²) in [4.78, 5) is 31.3. The lowest BCUT2D eigenvalue weighted by atomic mass is 9.99. The van der Waals surface area contributed by atoms with Crippen molar-refractivity contribution in [2.24, 2.45) is 0 Å². The molecule has 1 aliphatic rings. The third-order valence-corrected chi connectivity index (χ3v) is 5.72. The zero-order chi connectivity index (χ0) is 23.2. The molecule has 3 aromatic rings. The lowest BCUT2D eigenvalue weighted by molar-refractivity contribution is -0.144. The maximum Gasteiger partial charge on any atom is 0.261 e. The topological polar surface area (TPSA) is 80.8 Å². The maximum atomic E-state index is 13.0. The van der Waals surface area contributed by atoms with E-state index < -0.39 is 6.04 Å². The van der Waals surface area contributed by atoms with Gasteiger partial charge in [-0.2, -0.15) is 0 Å². The van der Waals surface area contributed by atoms with Gasteiger partial charge in [-0.1, -0.05) is 30.3 Å². The SMILES string of the molecule is COc1cc(C)ccc1OCC(=O)N1CCNC(=O)[C@H]1Cc1ccc(-c2ccncc2)cc1. The van der Waals surface area contributed by atoms with E-state index in [-0.39, 0.29) is 18.4 Å². The fraction of sp³-hybridized carbons (Fsp3) is 0.269. The Balaban J connectivity index is 1.44. The molecular weight excluding hydrogens is 418 g/mol. The number of ether oxygens (including phenoxy) is 2. The van der Waals surface area contributed by atoms with Crippen molar-refractivity contribution in [2.45, 2.75) is 19.4 Å². The molecule has 1 fully saturated rings. The van der Waals surface area contributed by atoms with Crippen LogP contribution in [0.3, 0.4) is 0 Å². The number of methoxy groups -OCH3 is 1. The first-order valence-corrected chi connectivity index (χ1v) is 10.9. The molecule has 2 aromatic carbocycles. The van der Waals surface area contributed by atoms with Crippen LogP contribution in [-0.4, -0.2) is 54.5 Å². The van der Waals surface area contributed by atoms with Gasteiger partial charge in [0.05, 0.1) is 7.11 Å². The number of aromatic nitrogens is 1. The number of carbonyl (C=O) groups excluding carboxylic acids is 2. The van der Waals surface area contributed by atoms with E-state index in [9.17, 15) is 9.59 Å². The number of carbonyl (C=O) groups is 2. The van der Waals surface area contributed by atoms with Gasteiger partial charge in [0.1, 0.15) is 6.04 Å². The van der Waals surface area contributed by atoms with Crippen LogP contribution in [0.25, 0.3) is 11.1 Å². The zero-order valence-corrected chi connectivity index (χ0v) is 18.8. The Hall–Kier alpha value is -3.87. The lowest BCUT2D eigenvalue weighted by Crippen LogP contribution is -2.58. The molecule has 0 aliphatic carbocycles. The number of pyridine rings is 1. The molecule has 1 aliphatic heterocycles. The number of benzene rings is 2. The van der Waals surface area contributed by atoms with Gasteiger partial charge >= 0.3 is 0 Å². The zero-order valence-electron chi connectivity index (χ0n) is 18.8. The van der Waals surface area contributed by atoms with Crippen LogP contribution in [0.15, 0.2) is 67.0 Å². The molecule has 0 bridgehead atoms. The summed E-state index contributed by atoms with van der Waals surface area (Å²) in [6.45, 7) is 2.66. The summed E-state index contributed by atoms with van der Waals surface area (Å²) in [5.74, 6) is 0.692. The minimum absolute atomic E-state index is 0.152. The second-order valence-corrected chi connectivity index (χ2v) is 7.97. The van der Waals surface area contributed by atoms with Crippen LogP contribution in [0.1, 0.15) is 11.1 Å². The molecule has 1 atom stereocenters. The quantitative estimate of drug-likeness (QED) is 0.605. The molecule has 0 saturated carbocycles. The van der Waals surface area contributed by atoms with E-state index in [2.05, 4.69) is 10.3 Å². The molecule has 1 saturated heterocycles. The van der Waals surface area contributed by atoms with Gasteiger partial charge in [-0.3, -0.25) is 14.6 Å². The molecule has 0 radical (unpaired) electrons. The molecule has 1 aromatic heterocycles. The molecule has 0 unspecified atom stereocenters. The van der Waals surface area contributed by atoms with Gasteiger partial charge in [0.25, 0.3) is 5.91 Å². The first-order valence-electron chi connectivity index (χ1n) is 10.9. The van der Waals surface area contributed by atoms with E-state index in [1.54, 1.807) is 30.5 Å². The summed E-state index contributed by atoms with van der Waals surface area (Å²) in [6, 6.07) is 16.9. The highest BCUT2D eigenvalue weighted by molar-refractivity contribution is 5.89. The summed E-state index contributed by atoms with van der Waals surface area (Å²) in [7, 11) is 1.56. The predicted molar refractivity (Wildman–Crippen MR) is 125 cm³/mol. The lowest BCUT2D eigenvalue weighted by Gasteiger charge is -2.35. The normalized spacial score (nSPS) is 15.6. The fourth-order valence-corrected chi connectivity index (χ4v) is 3.93. The highest BCUT2D eigenvalue weighted by Gasteiger charge is 2.33. The van der Waals surface area contributed by atoms with Crippen molar-refractivity contribution in [3.63, 3.8) is 0 Å². The molecule has 0 spiro atoms. The maximum absolute atomic E-state index is 13.0.